The number of benzene rings is 1. The molecule has 2 aliphatic carbocycles. The zero-order valence-corrected chi connectivity index (χ0v) is 14.1. The van der Waals surface area contributed by atoms with Gasteiger partial charge < -0.3 is 10.4 Å². The number of aromatic nitrogens is 1. The van der Waals surface area contributed by atoms with Crippen LogP contribution in [0.2, 0.25) is 0 Å². The number of halogens is 1. The van der Waals surface area contributed by atoms with Crippen molar-refractivity contribution >= 4 is 11.9 Å². The van der Waals surface area contributed by atoms with Gasteiger partial charge in [0.2, 0.25) is 5.91 Å². The minimum Gasteiger partial charge on any atom is -0.481 e. The van der Waals surface area contributed by atoms with Crippen molar-refractivity contribution in [2.75, 3.05) is 0 Å². The normalized spacial score (nSPS) is 27.4. The summed E-state index contributed by atoms with van der Waals surface area (Å²) < 4.78 is 13.7. The molecule has 2 atom stereocenters. The molecule has 0 saturated heterocycles. The van der Waals surface area contributed by atoms with Crippen LogP contribution in [-0.2, 0) is 9.59 Å². The van der Waals surface area contributed by atoms with Crippen LogP contribution in [-0.4, -0.2) is 22.0 Å². The van der Waals surface area contributed by atoms with Gasteiger partial charge in [0.25, 0.3) is 0 Å². The van der Waals surface area contributed by atoms with Gasteiger partial charge in [-0.1, -0.05) is 18.2 Å². The molecule has 0 radical (unpaired) electrons. The zero-order valence-electron chi connectivity index (χ0n) is 14.1. The smallest absolute Gasteiger partial charge is 0.307 e. The average Bonchev–Trinajstić information content (AvgIpc) is 3.35. The highest BCUT2D eigenvalue weighted by Gasteiger charge is 2.66. The van der Waals surface area contributed by atoms with E-state index in [1.165, 1.54) is 12.1 Å². The van der Waals surface area contributed by atoms with E-state index in [1.807, 2.05) is 6.07 Å². The highest BCUT2D eigenvalue weighted by Crippen LogP contribution is 2.67. The molecule has 4 rings (SSSR count). The fourth-order valence-corrected chi connectivity index (χ4v) is 4.08. The first kappa shape index (κ1) is 16.7. The minimum absolute atomic E-state index is 0.133. The lowest BCUT2D eigenvalue weighted by Gasteiger charge is -2.36. The SMILES string of the molecule is O=C(NC(c1cccc(F)c1)c1ccccn1)C1CC2(C1)CC2C(=O)O. The van der Waals surface area contributed by atoms with E-state index in [9.17, 15) is 14.0 Å². The quantitative estimate of drug-likeness (QED) is 0.865. The molecule has 2 aromatic rings. The number of pyridine rings is 1. The summed E-state index contributed by atoms with van der Waals surface area (Å²) in [5.41, 5.74) is 1.09. The number of rotatable bonds is 5. The van der Waals surface area contributed by atoms with Gasteiger partial charge in [0.05, 0.1) is 17.7 Å². The van der Waals surface area contributed by atoms with Crippen molar-refractivity contribution in [2.45, 2.75) is 25.3 Å². The average molecular weight is 354 g/mol. The summed E-state index contributed by atoms with van der Waals surface area (Å²) in [6.07, 6.45) is 3.51. The van der Waals surface area contributed by atoms with Crippen molar-refractivity contribution in [3.63, 3.8) is 0 Å². The fraction of sp³-hybridized carbons (Fsp3) is 0.350. The maximum Gasteiger partial charge on any atom is 0.307 e. The second kappa shape index (κ2) is 6.20. The molecule has 0 bridgehead atoms. The maximum atomic E-state index is 13.7. The summed E-state index contributed by atoms with van der Waals surface area (Å²) >= 11 is 0. The number of carboxylic acids is 1. The third-order valence-corrected chi connectivity index (χ3v) is 5.62. The van der Waals surface area contributed by atoms with E-state index < -0.39 is 12.0 Å². The van der Waals surface area contributed by atoms with Gasteiger partial charge in [-0.15, -0.1) is 0 Å². The predicted molar refractivity (Wildman–Crippen MR) is 91.5 cm³/mol. The first-order valence-electron chi connectivity index (χ1n) is 8.68. The summed E-state index contributed by atoms with van der Waals surface area (Å²) in [5.74, 6) is -1.77. The summed E-state index contributed by atoms with van der Waals surface area (Å²) in [6.45, 7) is 0. The van der Waals surface area contributed by atoms with Gasteiger partial charge in [0.1, 0.15) is 5.82 Å². The van der Waals surface area contributed by atoms with Gasteiger partial charge in [-0.05, 0) is 54.5 Å². The molecular weight excluding hydrogens is 335 g/mol. The topological polar surface area (TPSA) is 79.3 Å². The molecule has 5 nitrogen and oxygen atoms in total. The van der Waals surface area contributed by atoms with Gasteiger partial charge in [-0.25, -0.2) is 4.39 Å². The summed E-state index contributed by atoms with van der Waals surface area (Å²) in [4.78, 5) is 28.1. The summed E-state index contributed by atoms with van der Waals surface area (Å²) in [7, 11) is 0. The van der Waals surface area contributed by atoms with Crippen molar-refractivity contribution in [3.8, 4) is 0 Å². The number of hydrogen-bond acceptors (Lipinski definition) is 3. The van der Waals surface area contributed by atoms with Crippen LogP contribution < -0.4 is 5.32 Å². The second-order valence-corrected chi connectivity index (χ2v) is 7.31. The number of aliphatic carboxylic acids is 1. The van der Waals surface area contributed by atoms with Crippen LogP contribution in [0.15, 0.2) is 48.7 Å². The number of nitrogens with zero attached hydrogens (tertiary/aromatic N) is 1. The summed E-state index contributed by atoms with van der Waals surface area (Å²) in [5, 5.41) is 12.1. The Kier molecular flexibility index (Phi) is 3.98. The molecule has 1 spiro atoms. The van der Waals surface area contributed by atoms with Crippen LogP contribution in [0.3, 0.4) is 0 Å². The third kappa shape index (κ3) is 2.96. The molecule has 6 heteroatoms. The number of carboxylic acid groups (broad SMARTS) is 1. The van der Waals surface area contributed by atoms with E-state index in [-0.39, 0.29) is 29.0 Å². The Labute approximate surface area is 150 Å². The van der Waals surface area contributed by atoms with E-state index >= 15 is 0 Å². The van der Waals surface area contributed by atoms with E-state index in [4.69, 9.17) is 5.11 Å². The van der Waals surface area contributed by atoms with Gasteiger partial charge in [-0.3, -0.25) is 14.6 Å². The molecule has 2 aliphatic rings. The standard InChI is InChI=1S/C20H19FN2O3/c21-14-5-3-4-12(8-14)17(16-6-1-2-7-22-16)23-18(24)13-9-20(10-13)11-15(20)19(25)26/h1-8,13,15,17H,9-11H2,(H,23,24)(H,25,26). The van der Waals surface area contributed by atoms with Gasteiger partial charge in [-0.2, -0.15) is 0 Å². The Morgan fingerprint density at radius 3 is 2.62 bits per heavy atom. The molecule has 2 unspecified atom stereocenters. The Morgan fingerprint density at radius 1 is 1.19 bits per heavy atom. The molecule has 134 valence electrons. The van der Waals surface area contributed by atoms with Crippen LogP contribution in [0.1, 0.15) is 36.6 Å². The van der Waals surface area contributed by atoms with Crippen LogP contribution in [0.5, 0.6) is 0 Å². The Hall–Kier alpha value is -2.76. The van der Waals surface area contributed by atoms with Gasteiger partial charge >= 0.3 is 5.97 Å². The molecule has 1 aromatic heterocycles. The van der Waals surface area contributed by atoms with Crippen LogP contribution in [0.25, 0.3) is 0 Å². The number of hydrogen-bond donors (Lipinski definition) is 2. The number of amides is 1. The predicted octanol–water partition coefficient (Wildman–Crippen LogP) is 2.93. The van der Waals surface area contributed by atoms with Gasteiger partial charge in [0.15, 0.2) is 0 Å². The van der Waals surface area contributed by atoms with Crippen LogP contribution in [0.4, 0.5) is 4.39 Å². The Balaban J connectivity index is 1.49. The van der Waals surface area contributed by atoms with E-state index in [2.05, 4.69) is 10.3 Å². The first-order chi connectivity index (χ1) is 12.5. The van der Waals surface area contributed by atoms with Crippen molar-refractivity contribution < 1.29 is 19.1 Å². The van der Waals surface area contributed by atoms with E-state index in [0.29, 0.717) is 30.5 Å². The number of carbonyl (C=O) groups is 2. The molecule has 1 amide bonds. The maximum absolute atomic E-state index is 13.7. The van der Waals surface area contributed by atoms with Gasteiger partial charge in [0, 0.05) is 12.1 Å². The van der Waals surface area contributed by atoms with Crippen molar-refractivity contribution in [1.82, 2.24) is 10.3 Å². The van der Waals surface area contributed by atoms with E-state index in [1.54, 1.807) is 30.5 Å². The highest BCUT2D eigenvalue weighted by atomic mass is 19.1. The number of carbonyl (C=O) groups excluding carboxylic acids is 1. The molecule has 2 N–H and O–H groups in total. The summed E-state index contributed by atoms with van der Waals surface area (Å²) in [6, 6.07) is 11.0. The fourth-order valence-electron chi connectivity index (χ4n) is 4.08. The van der Waals surface area contributed by atoms with Crippen molar-refractivity contribution in [3.05, 3.63) is 65.7 Å². The lowest BCUT2D eigenvalue weighted by molar-refractivity contribution is -0.142. The molecule has 1 heterocycles. The molecule has 0 aliphatic heterocycles. The minimum atomic E-state index is -0.769. The second-order valence-electron chi connectivity index (χ2n) is 7.31. The van der Waals surface area contributed by atoms with E-state index in [0.717, 1.165) is 0 Å². The van der Waals surface area contributed by atoms with Crippen molar-refractivity contribution in [1.29, 1.82) is 0 Å². The molecule has 2 saturated carbocycles. The Morgan fingerprint density at radius 2 is 2.00 bits per heavy atom. The number of nitrogens with one attached hydrogen (secondary N) is 1. The lowest BCUT2D eigenvalue weighted by atomic mass is 9.70. The monoisotopic (exact) mass is 354 g/mol. The van der Waals surface area contributed by atoms with Crippen LogP contribution >= 0.6 is 0 Å². The lowest BCUT2D eigenvalue weighted by Crippen LogP contribution is -2.42. The first-order valence-corrected chi connectivity index (χ1v) is 8.68. The molecule has 26 heavy (non-hydrogen) atoms. The third-order valence-electron chi connectivity index (χ3n) is 5.62. The molecule has 1 aromatic carbocycles. The molecule has 2 fully saturated rings. The Bertz CT molecular complexity index is 849. The highest BCUT2D eigenvalue weighted by molar-refractivity contribution is 5.83. The zero-order chi connectivity index (χ0) is 18.3. The van der Waals surface area contributed by atoms with Crippen molar-refractivity contribution in [2.24, 2.45) is 17.3 Å². The largest absolute Gasteiger partial charge is 0.481 e. The van der Waals surface area contributed by atoms with Crippen LogP contribution in [0, 0.1) is 23.1 Å². The molecular formula is C20H19FN2O3.